The Labute approximate surface area is 202 Å². The first-order valence-corrected chi connectivity index (χ1v) is 11.8. The number of benzene rings is 2. The molecule has 1 saturated heterocycles. The topological polar surface area (TPSA) is 76.4 Å². The Morgan fingerprint density at radius 3 is 2.43 bits per heavy atom. The van der Waals surface area contributed by atoms with Crippen molar-refractivity contribution in [1.82, 2.24) is 24.6 Å². The average Bonchev–Trinajstić information content (AvgIpc) is 3.67. The van der Waals surface area contributed by atoms with Crippen molar-refractivity contribution in [3.63, 3.8) is 0 Å². The summed E-state index contributed by atoms with van der Waals surface area (Å²) in [4.78, 5) is 26.6. The Morgan fingerprint density at radius 1 is 1.00 bits per heavy atom. The van der Waals surface area contributed by atoms with Crippen molar-refractivity contribution in [3.8, 4) is 11.4 Å². The summed E-state index contributed by atoms with van der Waals surface area (Å²) in [5.74, 6) is 2.07. The van der Waals surface area contributed by atoms with E-state index in [0.29, 0.717) is 32.1 Å². The Kier molecular flexibility index (Phi) is 5.32. The molecule has 1 aliphatic heterocycles. The van der Waals surface area contributed by atoms with Crippen molar-refractivity contribution in [3.05, 3.63) is 71.9 Å². The zero-order valence-corrected chi connectivity index (χ0v) is 19.4. The second-order valence-corrected chi connectivity index (χ2v) is 8.93. The molecule has 6 rings (SSSR count). The minimum atomic E-state index is -0.488. The fraction of sp³-hybridized carbons (Fsp3) is 0.308. The SMILES string of the molecule is COc1ccc(-n2ncc3c(N4CCN(C(=O)c5ccccc5F)CC4)nc(C4CC4)nc32)cc1. The van der Waals surface area contributed by atoms with E-state index in [-0.39, 0.29) is 11.5 Å². The highest BCUT2D eigenvalue weighted by atomic mass is 19.1. The summed E-state index contributed by atoms with van der Waals surface area (Å²) in [6.07, 6.45) is 3.99. The van der Waals surface area contributed by atoms with E-state index in [1.54, 1.807) is 24.1 Å². The summed E-state index contributed by atoms with van der Waals surface area (Å²) in [6, 6.07) is 13.8. The molecule has 35 heavy (non-hydrogen) atoms. The first-order valence-electron chi connectivity index (χ1n) is 11.8. The van der Waals surface area contributed by atoms with Gasteiger partial charge in [0, 0.05) is 32.1 Å². The molecule has 1 saturated carbocycles. The second-order valence-electron chi connectivity index (χ2n) is 8.93. The molecule has 9 heteroatoms. The number of carbonyl (C=O) groups excluding carboxylic acids is 1. The lowest BCUT2D eigenvalue weighted by Gasteiger charge is -2.35. The number of ether oxygens (including phenoxy) is 1. The third-order valence-corrected chi connectivity index (χ3v) is 6.66. The van der Waals surface area contributed by atoms with Gasteiger partial charge >= 0.3 is 0 Å². The van der Waals surface area contributed by atoms with Crippen LogP contribution in [0.1, 0.15) is 34.9 Å². The van der Waals surface area contributed by atoms with E-state index >= 15 is 0 Å². The van der Waals surface area contributed by atoms with Crippen molar-refractivity contribution in [2.24, 2.45) is 0 Å². The minimum Gasteiger partial charge on any atom is -0.497 e. The normalized spacial score (nSPS) is 16.1. The van der Waals surface area contributed by atoms with Crippen LogP contribution in [0.5, 0.6) is 5.75 Å². The summed E-state index contributed by atoms with van der Waals surface area (Å²) >= 11 is 0. The minimum absolute atomic E-state index is 0.113. The monoisotopic (exact) mass is 472 g/mol. The molecule has 1 amide bonds. The molecule has 0 spiro atoms. The molecule has 0 N–H and O–H groups in total. The summed E-state index contributed by atoms with van der Waals surface area (Å²) < 4.78 is 21.2. The number of hydrogen-bond acceptors (Lipinski definition) is 6. The number of anilines is 1. The molecule has 2 aliphatic rings. The molecule has 3 heterocycles. The van der Waals surface area contributed by atoms with Crippen LogP contribution in [-0.4, -0.2) is 63.8 Å². The Hall–Kier alpha value is -4.01. The zero-order valence-electron chi connectivity index (χ0n) is 19.4. The molecule has 8 nitrogen and oxygen atoms in total. The van der Waals surface area contributed by atoms with E-state index in [0.717, 1.165) is 47.0 Å². The maximum absolute atomic E-state index is 14.1. The van der Waals surface area contributed by atoms with Gasteiger partial charge in [0.05, 0.1) is 29.9 Å². The highest BCUT2D eigenvalue weighted by Gasteiger charge is 2.31. The molecule has 0 atom stereocenters. The highest BCUT2D eigenvalue weighted by Crippen LogP contribution is 2.40. The second kappa shape index (κ2) is 8.65. The number of fused-ring (bicyclic) bond motifs is 1. The molecule has 2 aromatic carbocycles. The summed E-state index contributed by atoms with van der Waals surface area (Å²) in [7, 11) is 1.64. The van der Waals surface area contributed by atoms with Crippen LogP contribution in [-0.2, 0) is 0 Å². The van der Waals surface area contributed by atoms with Crippen LogP contribution in [0, 0.1) is 5.82 Å². The Morgan fingerprint density at radius 2 is 1.74 bits per heavy atom. The quantitative estimate of drug-likeness (QED) is 0.440. The summed E-state index contributed by atoms with van der Waals surface area (Å²) in [5.41, 5.74) is 1.78. The van der Waals surface area contributed by atoms with Gasteiger partial charge in [-0.05, 0) is 49.2 Å². The molecule has 1 aliphatic carbocycles. The van der Waals surface area contributed by atoms with Gasteiger partial charge in [-0.1, -0.05) is 12.1 Å². The van der Waals surface area contributed by atoms with Crippen molar-refractivity contribution >= 4 is 22.8 Å². The van der Waals surface area contributed by atoms with Gasteiger partial charge in [0.1, 0.15) is 23.2 Å². The first-order chi connectivity index (χ1) is 17.1. The summed E-state index contributed by atoms with van der Waals surface area (Å²) in [6.45, 7) is 2.18. The van der Waals surface area contributed by atoms with Gasteiger partial charge < -0.3 is 14.5 Å². The van der Waals surface area contributed by atoms with Crippen LogP contribution < -0.4 is 9.64 Å². The molecule has 0 radical (unpaired) electrons. The number of hydrogen-bond donors (Lipinski definition) is 0. The highest BCUT2D eigenvalue weighted by molar-refractivity contribution is 5.95. The smallest absolute Gasteiger partial charge is 0.256 e. The van der Waals surface area contributed by atoms with Crippen LogP contribution in [0.25, 0.3) is 16.7 Å². The zero-order chi connectivity index (χ0) is 23.9. The van der Waals surface area contributed by atoms with Crippen LogP contribution >= 0.6 is 0 Å². The van der Waals surface area contributed by atoms with Crippen molar-refractivity contribution in [1.29, 1.82) is 0 Å². The van der Waals surface area contributed by atoms with E-state index in [9.17, 15) is 9.18 Å². The van der Waals surface area contributed by atoms with Gasteiger partial charge in [0.25, 0.3) is 5.91 Å². The molecule has 2 aromatic heterocycles. The fourth-order valence-corrected chi connectivity index (χ4v) is 4.51. The molecule has 2 fully saturated rings. The van der Waals surface area contributed by atoms with E-state index in [4.69, 9.17) is 14.7 Å². The number of halogens is 1. The first kappa shape index (κ1) is 21.5. The summed E-state index contributed by atoms with van der Waals surface area (Å²) in [5, 5.41) is 5.50. The number of rotatable bonds is 5. The van der Waals surface area contributed by atoms with Gasteiger partial charge in [0.15, 0.2) is 5.65 Å². The average molecular weight is 473 g/mol. The van der Waals surface area contributed by atoms with Crippen molar-refractivity contribution in [2.45, 2.75) is 18.8 Å². The standard InChI is InChI=1S/C26H25FN6O2/c1-35-19-10-8-18(9-11-19)33-25-21(16-28-33)24(29-23(30-25)17-6-7-17)31-12-14-32(15-13-31)26(34)20-4-2-3-5-22(20)27/h2-5,8-11,16-17H,6-7,12-15H2,1H3. The predicted molar refractivity (Wildman–Crippen MR) is 130 cm³/mol. The maximum atomic E-state index is 14.1. The third-order valence-electron chi connectivity index (χ3n) is 6.66. The van der Waals surface area contributed by atoms with E-state index in [1.165, 1.54) is 12.1 Å². The van der Waals surface area contributed by atoms with Crippen LogP contribution in [0.3, 0.4) is 0 Å². The number of aromatic nitrogens is 4. The Bertz CT molecular complexity index is 1390. The molecule has 0 bridgehead atoms. The van der Waals surface area contributed by atoms with Crippen molar-refractivity contribution in [2.75, 3.05) is 38.2 Å². The number of nitrogens with zero attached hydrogens (tertiary/aromatic N) is 6. The number of piperazine rings is 1. The number of methoxy groups -OCH3 is 1. The molecule has 0 unspecified atom stereocenters. The fourth-order valence-electron chi connectivity index (χ4n) is 4.51. The van der Waals surface area contributed by atoms with E-state index in [2.05, 4.69) is 10.00 Å². The van der Waals surface area contributed by atoms with Gasteiger partial charge in [-0.15, -0.1) is 0 Å². The number of amides is 1. The molecule has 178 valence electrons. The number of carbonyl (C=O) groups is 1. The van der Waals surface area contributed by atoms with Gasteiger partial charge in [-0.2, -0.15) is 5.10 Å². The predicted octanol–water partition coefficient (Wildman–Crippen LogP) is 3.80. The largest absolute Gasteiger partial charge is 0.497 e. The van der Waals surface area contributed by atoms with E-state index < -0.39 is 5.82 Å². The van der Waals surface area contributed by atoms with Gasteiger partial charge in [-0.3, -0.25) is 4.79 Å². The lowest BCUT2D eigenvalue weighted by molar-refractivity contribution is 0.0742. The molecular weight excluding hydrogens is 447 g/mol. The van der Waals surface area contributed by atoms with Gasteiger partial charge in [0.2, 0.25) is 0 Å². The lowest BCUT2D eigenvalue weighted by atomic mass is 10.1. The van der Waals surface area contributed by atoms with Crippen molar-refractivity contribution < 1.29 is 13.9 Å². The van der Waals surface area contributed by atoms with Gasteiger partial charge in [-0.25, -0.2) is 19.0 Å². The molecule has 4 aromatic rings. The van der Waals surface area contributed by atoms with Crippen LogP contribution in [0.2, 0.25) is 0 Å². The van der Waals surface area contributed by atoms with E-state index in [1.807, 2.05) is 35.1 Å². The van der Waals surface area contributed by atoms with Crippen LogP contribution in [0.15, 0.2) is 54.7 Å². The lowest BCUT2D eigenvalue weighted by Crippen LogP contribution is -2.49. The third kappa shape index (κ3) is 3.96. The van der Waals surface area contributed by atoms with Crippen LogP contribution in [0.4, 0.5) is 10.2 Å². The maximum Gasteiger partial charge on any atom is 0.256 e. The Balaban J connectivity index is 1.30. The molecular formula is C26H25FN6O2.